The highest BCUT2D eigenvalue weighted by atomic mass is 15.0. The summed E-state index contributed by atoms with van der Waals surface area (Å²) in [6.45, 7) is 20.9. The smallest absolute Gasteiger partial charge is 0.252 e. The number of aromatic nitrogens is 2. The fourth-order valence-electron chi connectivity index (χ4n) is 5.60. The first-order valence-corrected chi connectivity index (χ1v) is 12.0. The Hall–Kier alpha value is -3.64. The Labute approximate surface area is 200 Å². The van der Waals surface area contributed by atoms with Crippen molar-refractivity contribution in [3.63, 3.8) is 0 Å². The topological polar surface area (TPSA) is 12.7 Å². The fraction of sp³-hybridized carbons (Fsp3) is 0.290. The summed E-state index contributed by atoms with van der Waals surface area (Å²) in [5, 5.41) is 6.34. The normalized spacial score (nSPS) is 13.1. The second kappa shape index (κ2) is 6.48. The van der Waals surface area contributed by atoms with Gasteiger partial charge in [-0.2, -0.15) is 0 Å². The molecule has 0 unspecified atom stereocenters. The standard InChI is InChI=1S/C31H30N3/c1-18-9-11-22-23-16-20(30(2,3)4)10-12-24(23)34-25-17-21(31(5,6)32-7)15-19-13-14-33(8)29(27(19)25)26(18)28(22)34/h9-17H,1-6,8H3/q+1. The van der Waals surface area contributed by atoms with Crippen molar-refractivity contribution >= 4 is 49.0 Å². The van der Waals surface area contributed by atoms with E-state index in [9.17, 15) is 0 Å². The van der Waals surface area contributed by atoms with Gasteiger partial charge in [-0.05, 0) is 53.1 Å². The summed E-state index contributed by atoms with van der Waals surface area (Å²) >= 11 is 0. The van der Waals surface area contributed by atoms with Gasteiger partial charge in [-0.3, -0.25) is 0 Å². The minimum absolute atomic E-state index is 0.0819. The van der Waals surface area contributed by atoms with Gasteiger partial charge in [0.2, 0.25) is 5.52 Å². The highest BCUT2D eigenvalue weighted by Crippen LogP contribution is 2.43. The van der Waals surface area contributed by atoms with E-state index in [-0.39, 0.29) is 5.41 Å². The van der Waals surface area contributed by atoms with Crippen LogP contribution in [-0.2, 0) is 18.0 Å². The number of hydrogen-bond acceptors (Lipinski definition) is 0. The SMILES string of the molecule is [C-]#[N+]C(C)(C)c1cc2cc[n+](C)c3c4c(C)ccc5c6cc(C(C)(C)C)ccc6n(c(c1)c23)c54. The lowest BCUT2D eigenvalue weighted by molar-refractivity contribution is -0.643. The number of rotatable bonds is 1. The molecule has 3 aromatic heterocycles. The summed E-state index contributed by atoms with van der Waals surface area (Å²) in [7, 11) is 2.14. The lowest BCUT2D eigenvalue weighted by atomic mass is 9.86. The molecule has 168 valence electrons. The maximum absolute atomic E-state index is 7.83. The van der Waals surface area contributed by atoms with Crippen LogP contribution in [0.2, 0.25) is 0 Å². The first kappa shape index (κ1) is 20.9. The zero-order chi connectivity index (χ0) is 24.2. The van der Waals surface area contributed by atoms with E-state index >= 15 is 0 Å². The van der Waals surface area contributed by atoms with E-state index < -0.39 is 5.54 Å². The van der Waals surface area contributed by atoms with Crippen LogP contribution in [-0.4, -0.2) is 4.40 Å². The van der Waals surface area contributed by atoms with Gasteiger partial charge in [-0.15, -0.1) is 0 Å². The lowest BCUT2D eigenvalue weighted by Crippen LogP contribution is -2.29. The molecule has 0 bridgehead atoms. The van der Waals surface area contributed by atoms with Crippen molar-refractivity contribution in [3.8, 4) is 0 Å². The van der Waals surface area contributed by atoms with Gasteiger partial charge < -0.3 is 9.25 Å². The second-order valence-corrected chi connectivity index (χ2v) is 11.4. The van der Waals surface area contributed by atoms with Crippen LogP contribution in [0.1, 0.15) is 51.3 Å². The molecule has 6 aromatic rings. The van der Waals surface area contributed by atoms with E-state index in [1.165, 1.54) is 60.1 Å². The molecular formula is C31H30N3+. The van der Waals surface area contributed by atoms with Crippen molar-refractivity contribution in [2.24, 2.45) is 7.05 Å². The molecule has 3 aromatic carbocycles. The maximum atomic E-state index is 7.83. The molecule has 3 nitrogen and oxygen atoms in total. The summed E-state index contributed by atoms with van der Waals surface area (Å²) in [4.78, 5) is 3.96. The zero-order valence-corrected chi connectivity index (χ0v) is 21.0. The van der Waals surface area contributed by atoms with Crippen LogP contribution >= 0.6 is 0 Å². The lowest BCUT2D eigenvalue weighted by Gasteiger charge is -2.19. The van der Waals surface area contributed by atoms with Gasteiger partial charge in [0.15, 0.2) is 6.20 Å². The fourth-order valence-corrected chi connectivity index (χ4v) is 5.60. The van der Waals surface area contributed by atoms with Gasteiger partial charge in [-0.1, -0.05) is 39.0 Å². The Morgan fingerprint density at radius 1 is 0.824 bits per heavy atom. The second-order valence-electron chi connectivity index (χ2n) is 11.4. The third-order valence-corrected chi connectivity index (χ3v) is 7.68. The summed E-state index contributed by atoms with van der Waals surface area (Å²) in [6, 6.07) is 18.2. The summed E-state index contributed by atoms with van der Waals surface area (Å²) in [6.07, 6.45) is 2.16. The van der Waals surface area contributed by atoms with Gasteiger partial charge in [0.25, 0.3) is 5.54 Å². The predicted octanol–water partition coefficient (Wildman–Crippen LogP) is 7.57. The molecule has 0 radical (unpaired) electrons. The Morgan fingerprint density at radius 3 is 2.29 bits per heavy atom. The average Bonchev–Trinajstić information content (AvgIpc) is 3.13. The van der Waals surface area contributed by atoms with Crippen LogP contribution in [0.25, 0.3) is 53.8 Å². The minimum Gasteiger partial charge on any atom is -0.307 e. The van der Waals surface area contributed by atoms with Crippen LogP contribution < -0.4 is 4.57 Å². The molecule has 34 heavy (non-hydrogen) atoms. The molecule has 0 atom stereocenters. The molecule has 0 N–H and O–H groups in total. The number of aryl methyl sites for hydroxylation is 2. The molecule has 0 aliphatic rings. The van der Waals surface area contributed by atoms with Gasteiger partial charge >= 0.3 is 0 Å². The molecule has 6 rings (SSSR count). The molecule has 3 heterocycles. The highest BCUT2D eigenvalue weighted by molar-refractivity contribution is 6.25. The van der Waals surface area contributed by atoms with Crippen LogP contribution in [0, 0.1) is 13.5 Å². The molecular weight excluding hydrogens is 414 g/mol. The van der Waals surface area contributed by atoms with E-state index in [0.29, 0.717) is 0 Å². The highest BCUT2D eigenvalue weighted by Gasteiger charge is 2.30. The van der Waals surface area contributed by atoms with E-state index in [2.05, 4.69) is 103 Å². The van der Waals surface area contributed by atoms with E-state index in [4.69, 9.17) is 6.57 Å². The van der Waals surface area contributed by atoms with Gasteiger partial charge in [0.1, 0.15) is 7.05 Å². The minimum atomic E-state index is -0.586. The quantitative estimate of drug-likeness (QED) is 0.107. The summed E-state index contributed by atoms with van der Waals surface area (Å²) in [5.74, 6) is 0. The molecule has 0 aliphatic carbocycles. The first-order valence-electron chi connectivity index (χ1n) is 12.0. The summed E-state index contributed by atoms with van der Waals surface area (Å²) in [5.41, 5.74) is 8.12. The molecule has 0 fully saturated rings. The van der Waals surface area contributed by atoms with Crippen LogP contribution in [0.4, 0.5) is 0 Å². The number of fused-ring (bicyclic) bond motifs is 5. The zero-order valence-electron chi connectivity index (χ0n) is 21.0. The van der Waals surface area contributed by atoms with Crippen molar-refractivity contribution in [1.29, 1.82) is 0 Å². The van der Waals surface area contributed by atoms with Crippen molar-refractivity contribution < 1.29 is 4.57 Å². The van der Waals surface area contributed by atoms with Gasteiger partial charge in [0, 0.05) is 36.2 Å². The maximum Gasteiger partial charge on any atom is 0.252 e. The van der Waals surface area contributed by atoms with Crippen molar-refractivity contribution in [2.45, 2.75) is 52.5 Å². The Kier molecular flexibility index (Phi) is 3.99. The predicted molar refractivity (Wildman–Crippen MR) is 143 cm³/mol. The number of benzene rings is 3. The monoisotopic (exact) mass is 444 g/mol. The average molecular weight is 445 g/mol. The van der Waals surface area contributed by atoms with E-state index in [1.807, 2.05) is 13.8 Å². The van der Waals surface area contributed by atoms with E-state index in [0.717, 1.165) is 5.56 Å². The third kappa shape index (κ3) is 2.60. The molecule has 0 saturated heterocycles. The van der Waals surface area contributed by atoms with Crippen molar-refractivity contribution in [1.82, 2.24) is 4.40 Å². The molecule has 0 saturated carbocycles. The number of nitrogens with zero attached hydrogens (tertiary/aromatic N) is 3. The van der Waals surface area contributed by atoms with Crippen LogP contribution in [0.15, 0.2) is 54.7 Å². The Balaban J connectivity index is 1.97. The third-order valence-electron chi connectivity index (χ3n) is 7.68. The molecule has 0 aliphatic heterocycles. The van der Waals surface area contributed by atoms with Crippen LogP contribution in [0.3, 0.4) is 0 Å². The first-order chi connectivity index (χ1) is 16.0. The van der Waals surface area contributed by atoms with E-state index in [1.54, 1.807) is 0 Å². The van der Waals surface area contributed by atoms with Crippen molar-refractivity contribution in [3.05, 3.63) is 82.8 Å². The number of hydrogen-bond donors (Lipinski definition) is 0. The van der Waals surface area contributed by atoms with Crippen molar-refractivity contribution in [2.75, 3.05) is 0 Å². The molecule has 3 heteroatoms. The Morgan fingerprint density at radius 2 is 1.59 bits per heavy atom. The summed E-state index contributed by atoms with van der Waals surface area (Å²) < 4.78 is 4.72. The van der Waals surface area contributed by atoms with Gasteiger partial charge in [0.05, 0.1) is 27.3 Å². The van der Waals surface area contributed by atoms with Gasteiger partial charge in [-0.25, -0.2) is 11.1 Å². The Bertz CT molecular complexity index is 1840. The largest absolute Gasteiger partial charge is 0.307 e. The number of pyridine rings is 2. The molecule has 0 amide bonds. The van der Waals surface area contributed by atoms with Crippen LogP contribution in [0.5, 0.6) is 0 Å². The molecule has 0 spiro atoms.